The molecule has 7 heteroatoms. The molecule has 2 aromatic heterocycles. The fourth-order valence-electron chi connectivity index (χ4n) is 2.37. The van der Waals surface area contributed by atoms with E-state index in [4.69, 9.17) is 11.6 Å². The second-order valence-electron chi connectivity index (χ2n) is 5.14. The molecule has 24 heavy (non-hydrogen) atoms. The zero-order valence-corrected chi connectivity index (χ0v) is 14.0. The number of carbonyl (C=O) groups is 1. The van der Waals surface area contributed by atoms with Crippen molar-refractivity contribution in [3.05, 3.63) is 65.4 Å². The summed E-state index contributed by atoms with van der Waals surface area (Å²) in [5, 5.41) is 6.47. The Morgan fingerprint density at radius 3 is 2.75 bits per heavy atom. The number of carbonyl (C=O) groups excluding carboxylic acids is 1. The first-order chi connectivity index (χ1) is 11.7. The highest BCUT2D eigenvalue weighted by Crippen LogP contribution is 2.21. The van der Waals surface area contributed by atoms with Crippen molar-refractivity contribution in [1.82, 2.24) is 19.6 Å². The number of hydrogen-bond acceptors (Lipinski definition) is 5. The number of fused-ring (bicyclic) bond motifs is 3. The van der Waals surface area contributed by atoms with Crippen molar-refractivity contribution in [3.63, 3.8) is 0 Å². The molecule has 4 rings (SSSR count). The number of ketones is 1. The number of para-hydroxylation sites is 1. The number of Topliss-reactive ketones (excluding diaryl/α,β-unsaturated/α-hetero) is 1. The molecule has 0 fully saturated rings. The van der Waals surface area contributed by atoms with E-state index in [9.17, 15) is 4.79 Å². The fraction of sp³-hybridized carbons (Fsp3) is 0.0588. The van der Waals surface area contributed by atoms with E-state index >= 15 is 0 Å². The Bertz CT molecular complexity index is 1050. The first-order valence-corrected chi connectivity index (χ1v) is 8.59. The summed E-state index contributed by atoms with van der Waals surface area (Å²) in [4.78, 5) is 21.1. The summed E-state index contributed by atoms with van der Waals surface area (Å²) in [6, 6.07) is 14.6. The summed E-state index contributed by atoms with van der Waals surface area (Å²) in [6.07, 6.45) is 1.63. The van der Waals surface area contributed by atoms with Gasteiger partial charge in [-0.3, -0.25) is 4.79 Å². The maximum absolute atomic E-state index is 12.2. The zero-order valence-electron chi connectivity index (χ0n) is 12.4. The lowest BCUT2D eigenvalue weighted by Crippen LogP contribution is -2.02. The molecule has 0 saturated heterocycles. The van der Waals surface area contributed by atoms with Gasteiger partial charge in [-0.05, 0) is 36.4 Å². The first kappa shape index (κ1) is 15.1. The number of rotatable bonds is 4. The van der Waals surface area contributed by atoms with Crippen LogP contribution in [0.1, 0.15) is 10.4 Å². The van der Waals surface area contributed by atoms with Crippen LogP contribution >= 0.6 is 23.4 Å². The van der Waals surface area contributed by atoms with Gasteiger partial charge >= 0.3 is 0 Å². The lowest BCUT2D eigenvalue weighted by molar-refractivity contribution is 0.102. The van der Waals surface area contributed by atoms with Crippen LogP contribution in [0.25, 0.3) is 16.6 Å². The Balaban J connectivity index is 1.57. The summed E-state index contributed by atoms with van der Waals surface area (Å²) in [6.45, 7) is 0. The lowest BCUT2D eigenvalue weighted by atomic mass is 10.1. The van der Waals surface area contributed by atoms with Gasteiger partial charge in [0, 0.05) is 16.0 Å². The van der Waals surface area contributed by atoms with E-state index in [1.807, 2.05) is 24.3 Å². The molecule has 0 aliphatic heterocycles. The van der Waals surface area contributed by atoms with E-state index in [0.717, 1.165) is 16.6 Å². The molecule has 0 aliphatic rings. The quantitative estimate of drug-likeness (QED) is 0.411. The van der Waals surface area contributed by atoms with Crippen molar-refractivity contribution in [3.8, 4) is 0 Å². The Hall–Kier alpha value is -2.44. The van der Waals surface area contributed by atoms with Gasteiger partial charge in [-0.2, -0.15) is 0 Å². The molecule has 0 amide bonds. The van der Waals surface area contributed by atoms with Gasteiger partial charge in [0.25, 0.3) is 0 Å². The van der Waals surface area contributed by atoms with E-state index in [2.05, 4.69) is 15.1 Å². The van der Waals surface area contributed by atoms with Gasteiger partial charge in [0.15, 0.2) is 11.4 Å². The topological polar surface area (TPSA) is 60.2 Å². The van der Waals surface area contributed by atoms with Gasteiger partial charge in [0.1, 0.15) is 6.33 Å². The van der Waals surface area contributed by atoms with Crippen molar-refractivity contribution in [2.45, 2.75) is 5.16 Å². The SMILES string of the molecule is O=C(CSc1nc2c3ccccc3ncn2n1)c1ccc(Cl)cc1. The molecule has 0 saturated carbocycles. The van der Waals surface area contributed by atoms with E-state index in [0.29, 0.717) is 15.7 Å². The Kier molecular flexibility index (Phi) is 3.92. The number of thioether (sulfide) groups is 1. The smallest absolute Gasteiger partial charge is 0.209 e. The van der Waals surface area contributed by atoms with Crippen molar-refractivity contribution in [2.24, 2.45) is 0 Å². The van der Waals surface area contributed by atoms with E-state index in [1.54, 1.807) is 35.1 Å². The number of halogens is 1. The lowest BCUT2D eigenvalue weighted by Gasteiger charge is -1.98. The molecular weight excluding hydrogens is 344 g/mol. The number of aromatic nitrogens is 4. The van der Waals surface area contributed by atoms with Crippen LogP contribution in [0.15, 0.2) is 60.0 Å². The van der Waals surface area contributed by atoms with Crippen LogP contribution in [-0.2, 0) is 0 Å². The standard InChI is InChI=1S/C17H11ClN4OS/c18-12-7-5-11(6-8-12)15(23)9-24-17-20-16-13-3-1-2-4-14(13)19-10-22(16)21-17/h1-8,10H,9H2. The first-order valence-electron chi connectivity index (χ1n) is 7.22. The largest absolute Gasteiger partial charge is 0.293 e. The van der Waals surface area contributed by atoms with Crippen LogP contribution < -0.4 is 0 Å². The highest BCUT2D eigenvalue weighted by Gasteiger charge is 2.11. The van der Waals surface area contributed by atoms with Gasteiger partial charge < -0.3 is 0 Å². The number of benzene rings is 2. The minimum absolute atomic E-state index is 0.0125. The minimum Gasteiger partial charge on any atom is -0.293 e. The summed E-state index contributed by atoms with van der Waals surface area (Å²) in [5.74, 6) is 0.280. The highest BCUT2D eigenvalue weighted by atomic mass is 35.5. The molecule has 5 nitrogen and oxygen atoms in total. The van der Waals surface area contributed by atoms with Crippen LogP contribution in [0.3, 0.4) is 0 Å². The molecule has 4 aromatic rings. The van der Waals surface area contributed by atoms with Crippen LogP contribution in [0.5, 0.6) is 0 Å². The Morgan fingerprint density at radius 2 is 1.92 bits per heavy atom. The van der Waals surface area contributed by atoms with Gasteiger partial charge in [0.05, 0.1) is 11.3 Å². The molecule has 0 unspecified atom stereocenters. The van der Waals surface area contributed by atoms with Gasteiger partial charge in [0.2, 0.25) is 5.16 Å². The van der Waals surface area contributed by atoms with E-state index < -0.39 is 0 Å². The second-order valence-corrected chi connectivity index (χ2v) is 6.52. The Morgan fingerprint density at radius 1 is 1.12 bits per heavy atom. The monoisotopic (exact) mass is 354 g/mol. The number of nitrogens with zero attached hydrogens (tertiary/aromatic N) is 4. The summed E-state index contributed by atoms with van der Waals surface area (Å²) in [5.41, 5.74) is 2.23. The van der Waals surface area contributed by atoms with Crippen molar-refractivity contribution >= 4 is 45.7 Å². The van der Waals surface area contributed by atoms with Crippen molar-refractivity contribution < 1.29 is 4.79 Å². The molecule has 2 heterocycles. The van der Waals surface area contributed by atoms with Crippen LogP contribution in [0, 0.1) is 0 Å². The third-order valence-corrected chi connectivity index (χ3v) is 4.65. The summed E-state index contributed by atoms with van der Waals surface area (Å²) < 4.78 is 1.64. The molecule has 0 atom stereocenters. The molecule has 0 N–H and O–H groups in total. The second kappa shape index (κ2) is 6.22. The van der Waals surface area contributed by atoms with E-state index in [1.165, 1.54) is 11.8 Å². The molecule has 0 radical (unpaired) electrons. The van der Waals surface area contributed by atoms with Crippen LogP contribution in [0.2, 0.25) is 5.02 Å². The van der Waals surface area contributed by atoms with Crippen molar-refractivity contribution in [1.29, 1.82) is 0 Å². The highest BCUT2D eigenvalue weighted by molar-refractivity contribution is 7.99. The molecule has 0 spiro atoms. The van der Waals surface area contributed by atoms with Crippen molar-refractivity contribution in [2.75, 3.05) is 5.75 Å². The predicted molar refractivity (Wildman–Crippen MR) is 94.8 cm³/mol. The van der Waals surface area contributed by atoms with Gasteiger partial charge in [-0.25, -0.2) is 14.5 Å². The molecular formula is C17H11ClN4OS. The zero-order chi connectivity index (χ0) is 16.5. The fourth-order valence-corrected chi connectivity index (χ4v) is 3.22. The Labute approximate surface area is 146 Å². The van der Waals surface area contributed by atoms with Gasteiger partial charge in [-0.15, -0.1) is 5.10 Å². The summed E-state index contributed by atoms with van der Waals surface area (Å²) >= 11 is 7.15. The van der Waals surface area contributed by atoms with Crippen LogP contribution in [-0.4, -0.2) is 31.1 Å². The molecule has 118 valence electrons. The number of hydrogen-bond donors (Lipinski definition) is 0. The maximum Gasteiger partial charge on any atom is 0.209 e. The minimum atomic E-state index is 0.0125. The maximum atomic E-state index is 12.2. The average molecular weight is 355 g/mol. The predicted octanol–water partition coefficient (Wildman–Crippen LogP) is 3.91. The normalized spacial score (nSPS) is 11.2. The third-order valence-electron chi connectivity index (χ3n) is 3.56. The van der Waals surface area contributed by atoms with Gasteiger partial charge in [-0.1, -0.05) is 35.5 Å². The van der Waals surface area contributed by atoms with Crippen LogP contribution in [0.4, 0.5) is 0 Å². The molecule has 0 bridgehead atoms. The average Bonchev–Trinajstić information content (AvgIpc) is 3.04. The molecule has 2 aromatic carbocycles. The van der Waals surface area contributed by atoms with E-state index in [-0.39, 0.29) is 11.5 Å². The third kappa shape index (κ3) is 2.86. The molecule has 0 aliphatic carbocycles. The summed E-state index contributed by atoms with van der Waals surface area (Å²) in [7, 11) is 0.